The monoisotopic (exact) mass is 436 g/mol. The number of methoxy groups -OCH3 is 3. The molecule has 3 rings (SSSR count). The number of hydrogen-bond acceptors (Lipinski definition) is 7. The largest absolute Gasteiger partial charge is 0.493 e. The lowest BCUT2D eigenvalue weighted by Crippen LogP contribution is -2.08. The van der Waals surface area contributed by atoms with E-state index in [2.05, 4.69) is 0 Å². The molecule has 0 spiro atoms. The van der Waals surface area contributed by atoms with Gasteiger partial charge in [0.1, 0.15) is 12.4 Å². The predicted molar refractivity (Wildman–Crippen MR) is 118 cm³/mol. The van der Waals surface area contributed by atoms with Crippen LogP contribution in [0.5, 0.6) is 23.0 Å². The maximum absolute atomic E-state index is 13.2. The standard InChI is InChI=1S/C25H24O7/c1-28-16-32-23-13-18(12-22(29-2)25(23)30-3)24(27)21-10-9-20(11-19(21)14-26)31-15-17-7-5-4-6-8-17/h4-14H,15-16H2,1-3H3. The number of ether oxygens (including phenoxy) is 5. The van der Waals surface area contributed by atoms with Gasteiger partial charge in [0, 0.05) is 23.8 Å². The first-order valence-electron chi connectivity index (χ1n) is 9.79. The van der Waals surface area contributed by atoms with E-state index in [0.717, 1.165) is 5.56 Å². The van der Waals surface area contributed by atoms with Crippen molar-refractivity contribution in [2.24, 2.45) is 0 Å². The molecule has 7 nitrogen and oxygen atoms in total. The maximum Gasteiger partial charge on any atom is 0.203 e. The molecule has 0 aromatic heterocycles. The maximum atomic E-state index is 13.2. The van der Waals surface area contributed by atoms with Crippen molar-refractivity contribution in [3.05, 3.63) is 82.9 Å². The van der Waals surface area contributed by atoms with Gasteiger partial charge >= 0.3 is 0 Å². The molecule has 3 aromatic rings. The Balaban J connectivity index is 1.90. The molecular weight excluding hydrogens is 412 g/mol. The van der Waals surface area contributed by atoms with Gasteiger partial charge in [0.2, 0.25) is 5.75 Å². The van der Waals surface area contributed by atoms with Crippen LogP contribution < -0.4 is 18.9 Å². The van der Waals surface area contributed by atoms with Gasteiger partial charge in [0.15, 0.2) is 30.4 Å². The zero-order valence-corrected chi connectivity index (χ0v) is 18.1. The highest BCUT2D eigenvalue weighted by Crippen LogP contribution is 2.39. The van der Waals surface area contributed by atoms with Crippen molar-refractivity contribution in [3.63, 3.8) is 0 Å². The van der Waals surface area contributed by atoms with Gasteiger partial charge in [-0.15, -0.1) is 0 Å². The summed E-state index contributed by atoms with van der Waals surface area (Å²) in [7, 11) is 4.41. The Morgan fingerprint density at radius 2 is 1.62 bits per heavy atom. The molecule has 0 saturated carbocycles. The Morgan fingerprint density at radius 1 is 0.875 bits per heavy atom. The molecule has 32 heavy (non-hydrogen) atoms. The fourth-order valence-electron chi connectivity index (χ4n) is 3.12. The van der Waals surface area contributed by atoms with Crippen LogP contribution in [0.4, 0.5) is 0 Å². The highest BCUT2D eigenvalue weighted by Gasteiger charge is 2.21. The zero-order chi connectivity index (χ0) is 22.9. The summed E-state index contributed by atoms with van der Waals surface area (Å²) in [6.07, 6.45) is 0.631. The summed E-state index contributed by atoms with van der Waals surface area (Å²) in [5.74, 6) is 1.06. The first-order chi connectivity index (χ1) is 15.6. The van der Waals surface area contributed by atoms with E-state index in [1.54, 1.807) is 18.2 Å². The van der Waals surface area contributed by atoms with E-state index >= 15 is 0 Å². The molecule has 0 amide bonds. The second-order valence-electron chi connectivity index (χ2n) is 6.73. The van der Waals surface area contributed by atoms with Gasteiger partial charge in [-0.05, 0) is 35.9 Å². The summed E-state index contributed by atoms with van der Waals surface area (Å²) in [6.45, 7) is 0.312. The first-order valence-corrected chi connectivity index (χ1v) is 9.79. The normalized spacial score (nSPS) is 10.3. The van der Waals surface area contributed by atoms with E-state index in [1.807, 2.05) is 30.3 Å². The van der Waals surface area contributed by atoms with Crippen molar-refractivity contribution in [2.45, 2.75) is 6.61 Å². The van der Waals surface area contributed by atoms with Crippen LogP contribution in [0.3, 0.4) is 0 Å². The number of carbonyl (C=O) groups excluding carboxylic acids is 2. The molecule has 0 bridgehead atoms. The Hall–Kier alpha value is -3.84. The van der Waals surface area contributed by atoms with Crippen LogP contribution in [0, 0.1) is 0 Å². The van der Waals surface area contributed by atoms with E-state index in [0.29, 0.717) is 30.1 Å². The van der Waals surface area contributed by atoms with Crippen LogP contribution in [0.25, 0.3) is 0 Å². The van der Waals surface area contributed by atoms with Gasteiger partial charge in [-0.25, -0.2) is 0 Å². The lowest BCUT2D eigenvalue weighted by Gasteiger charge is -2.15. The molecule has 0 fully saturated rings. The van der Waals surface area contributed by atoms with Gasteiger partial charge in [-0.2, -0.15) is 0 Å². The van der Waals surface area contributed by atoms with Crippen LogP contribution >= 0.6 is 0 Å². The molecule has 0 aliphatic rings. The number of hydrogen-bond donors (Lipinski definition) is 0. The quantitative estimate of drug-likeness (QED) is 0.252. The van der Waals surface area contributed by atoms with Crippen molar-refractivity contribution in [1.29, 1.82) is 0 Å². The van der Waals surface area contributed by atoms with E-state index in [-0.39, 0.29) is 35.0 Å². The predicted octanol–water partition coefficient (Wildman–Crippen LogP) is 4.31. The SMILES string of the molecule is COCOc1cc(C(=O)c2ccc(OCc3ccccc3)cc2C=O)cc(OC)c1OC. The Morgan fingerprint density at radius 3 is 2.28 bits per heavy atom. The molecule has 0 radical (unpaired) electrons. The van der Waals surface area contributed by atoms with E-state index < -0.39 is 0 Å². The highest BCUT2D eigenvalue weighted by molar-refractivity contribution is 6.13. The number of ketones is 1. The molecule has 0 unspecified atom stereocenters. The van der Waals surface area contributed by atoms with Gasteiger partial charge in [0.25, 0.3) is 0 Å². The van der Waals surface area contributed by atoms with Gasteiger partial charge in [-0.1, -0.05) is 30.3 Å². The smallest absolute Gasteiger partial charge is 0.203 e. The molecule has 0 N–H and O–H groups in total. The minimum Gasteiger partial charge on any atom is -0.493 e. The average molecular weight is 436 g/mol. The number of benzene rings is 3. The molecule has 3 aromatic carbocycles. The minimum atomic E-state index is -0.370. The fraction of sp³-hybridized carbons (Fsp3) is 0.200. The molecule has 0 saturated heterocycles. The van der Waals surface area contributed by atoms with Gasteiger partial charge < -0.3 is 23.7 Å². The summed E-state index contributed by atoms with van der Waals surface area (Å²) in [6, 6.07) is 17.5. The minimum absolute atomic E-state index is 0.0375. The van der Waals surface area contributed by atoms with Crippen molar-refractivity contribution in [3.8, 4) is 23.0 Å². The van der Waals surface area contributed by atoms with Gasteiger partial charge in [0.05, 0.1) is 14.2 Å². The van der Waals surface area contributed by atoms with Crippen LogP contribution in [0.1, 0.15) is 31.8 Å². The molecule has 0 heterocycles. The number of carbonyl (C=O) groups is 2. The summed E-state index contributed by atoms with van der Waals surface area (Å²) < 4.78 is 26.9. The van der Waals surface area contributed by atoms with Crippen molar-refractivity contribution >= 4 is 12.1 Å². The third kappa shape index (κ3) is 5.25. The summed E-state index contributed by atoms with van der Waals surface area (Å²) in [5.41, 5.74) is 1.72. The average Bonchev–Trinajstić information content (AvgIpc) is 2.85. The van der Waals surface area contributed by atoms with Crippen LogP contribution in [0.2, 0.25) is 0 Å². The van der Waals surface area contributed by atoms with Crippen LogP contribution in [0.15, 0.2) is 60.7 Å². The van der Waals surface area contributed by atoms with Crippen molar-refractivity contribution < 1.29 is 33.3 Å². The second-order valence-corrected chi connectivity index (χ2v) is 6.73. The lowest BCUT2D eigenvalue weighted by molar-refractivity contribution is 0.0488. The first kappa shape index (κ1) is 22.8. The summed E-state index contributed by atoms with van der Waals surface area (Å²) in [4.78, 5) is 25.0. The molecule has 7 heteroatoms. The zero-order valence-electron chi connectivity index (χ0n) is 18.1. The summed E-state index contributed by atoms with van der Waals surface area (Å²) >= 11 is 0. The molecule has 0 aliphatic carbocycles. The lowest BCUT2D eigenvalue weighted by atomic mass is 9.98. The molecule has 0 aliphatic heterocycles. The van der Waals surface area contributed by atoms with E-state index in [9.17, 15) is 9.59 Å². The van der Waals surface area contributed by atoms with Crippen LogP contribution in [-0.2, 0) is 11.3 Å². The van der Waals surface area contributed by atoms with Crippen molar-refractivity contribution in [2.75, 3.05) is 28.1 Å². The topological polar surface area (TPSA) is 80.3 Å². The van der Waals surface area contributed by atoms with Gasteiger partial charge in [-0.3, -0.25) is 9.59 Å². The highest BCUT2D eigenvalue weighted by atomic mass is 16.7. The fourth-order valence-corrected chi connectivity index (χ4v) is 3.12. The van der Waals surface area contributed by atoms with Crippen LogP contribution in [-0.4, -0.2) is 40.2 Å². The van der Waals surface area contributed by atoms with E-state index in [4.69, 9.17) is 23.7 Å². The third-order valence-corrected chi connectivity index (χ3v) is 4.68. The number of rotatable bonds is 11. The Labute approximate surface area is 186 Å². The molecular formula is C25H24O7. The van der Waals surface area contributed by atoms with Crippen molar-refractivity contribution in [1.82, 2.24) is 0 Å². The molecule has 0 atom stereocenters. The second kappa shape index (κ2) is 11.0. The Bertz CT molecular complexity index is 1080. The number of aldehydes is 1. The summed E-state index contributed by atoms with van der Waals surface area (Å²) in [5, 5.41) is 0. The molecule has 166 valence electrons. The third-order valence-electron chi connectivity index (χ3n) is 4.68. The Kier molecular flexibility index (Phi) is 7.83. The van der Waals surface area contributed by atoms with E-state index in [1.165, 1.54) is 33.5 Å².